The van der Waals surface area contributed by atoms with Gasteiger partial charge in [-0.3, -0.25) is 4.79 Å². The summed E-state index contributed by atoms with van der Waals surface area (Å²) in [4.78, 5) is 11.0. The summed E-state index contributed by atoms with van der Waals surface area (Å²) in [5.74, 6) is 0. The zero-order valence-electron chi connectivity index (χ0n) is 8.90. The van der Waals surface area contributed by atoms with Gasteiger partial charge in [-0.1, -0.05) is 0 Å². The number of aromatic nitrogens is 2. The number of ether oxygens (including phenoxy) is 1. The van der Waals surface area contributed by atoms with Crippen LogP contribution in [0.5, 0.6) is 0 Å². The Morgan fingerprint density at radius 2 is 2.31 bits per heavy atom. The summed E-state index contributed by atoms with van der Waals surface area (Å²) in [5, 5.41) is 19.1. The number of aliphatic hydroxyl groups is 1. The molecule has 0 atom stereocenters. The van der Waals surface area contributed by atoms with E-state index in [1.165, 1.54) is 12.3 Å². The van der Waals surface area contributed by atoms with Gasteiger partial charge in [-0.2, -0.15) is 5.10 Å². The molecule has 0 spiro atoms. The Hall–Kier alpha value is -1.40. The topological polar surface area (TPSA) is 87.2 Å². The summed E-state index contributed by atoms with van der Waals surface area (Å²) in [5.41, 5.74) is -0.395. The molecule has 1 aromatic heterocycles. The maximum Gasteiger partial charge on any atom is 0.266 e. The van der Waals surface area contributed by atoms with Crippen LogP contribution < -0.4 is 10.9 Å². The van der Waals surface area contributed by atoms with Crippen molar-refractivity contribution in [2.24, 2.45) is 0 Å². The van der Waals surface area contributed by atoms with Gasteiger partial charge in [0.15, 0.2) is 0 Å². The van der Waals surface area contributed by atoms with Gasteiger partial charge >= 0.3 is 0 Å². The summed E-state index contributed by atoms with van der Waals surface area (Å²) in [7, 11) is 0. The number of anilines is 1. The van der Waals surface area contributed by atoms with Gasteiger partial charge < -0.3 is 15.2 Å². The Bertz CT molecular complexity index is 398. The predicted octanol–water partition coefficient (Wildman–Crippen LogP) is -0.277. The molecular weight excluding hydrogens is 210 g/mol. The van der Waals surface area contributed by atoms with Crippen LogP contribution in [0.2, 0.25) is 0 Å². The van der Waals surface area contributed by atoms with E-state index >= 15 is 0 Å². The van der Waals surface area contributed by atoms with Crippen LogP contribution in [0.15, 0.2) is 17.1 Å². The SMILES string of the molecule is O=c1cc(NCC2(O)CCOCC2)cn[nH]1. The third kappa shape index (κ3) is 2.80. The van der Waals surface area contributed by atoms with Crippen LogP contribution in [0.4, 0.5) is 5.69 Å². The lowest BCUT2D eigenvalue weighted by molar-refractivity contribution is -0.0543. The maximum absolute atomic E-state index is 11.0. The Morgan fingerprint density at radius 1 is 1.56 bits per heavy atom. The zero-order chi connectivity index (χ0) is 11.4. The monoisotopic (exact) mass is 225 g/mol. The Balaban J connectivity index is 1.93. The first-order valence-electron chi connectivity index (χ1n) is 5.27. The van der Waals surface area contributed by atoms with Gasteiger partial charge in [0, 0.05) is 38.7 Å². The standard InChI is InChI=1S/C10H15N3O3/c14-9-5-8(6-12-13-9)11-7-10(15)1-3-16-4-2-10/h5-6,15H,1-4,7H2,(H2,11,13,14). The number of rotatable bonds is 3. The minimum absolute atomic E-state index is 0.260. The second kappa shape index (κ2) is 4.63. The smallest absolute Gasteiger partial charge is 0.266 e. The molecule has 0 unspecified atom stereocenters. The van der Waals surface area contributed by atoms with Crippen molar-refractivity contribution >= 4 is 5.69 Å². The lowest BCUT2D eigenvalue weighted by atomic mass is 9.94. The van der Waals surface area contributed by atoms with Crippen molar-refractivity contribution in [3.63, 3.8) is 0 Å². The minimum atomic E-state index is -0.749. The van der Waals surface area contributed by atoms with Gasteiger partial charge in [0.05, 0.1) is 17.5 Å². The second-order valence-electron chi connectivity index (χ2n) is 4.02. The molecule has 0 radical (unpaired) electrons. The Kier molecular flexibility index (Phi) is 3.21. The van der Waals surface area contributed by atoms with E-state index in [1.807, 2.05) is 0 Å². The molecule has 3 N–H and O–H groups in total. The molecule has 0 amide bonds. The largest absolute Gasteiger partial charge is 0.388 e. The molecule has 1 aromatic rings. The van der Waals surface area contributed by atoms with Crippen molar-refractivity contribution in [1.29, 1.82) is 0 Å². The molecule has 16 heavy (non-hydrogen) atoms. The van der Waals surface area contributed by atoms with E-state index in [4.69, 9.17) is 4.74 Å². The minimum Gasteiger partial charge on any atom is -0.388 e. The highest BCUT2D eigenvalue weighted by Gasteiger charge is 2.29. The number of nitrogens with one attached hydrogen (secondary N) is 2. The number of hydrogen-bond donors (Lipinski definition) is 3. The molecule has 2 heterocycles. The highest BCUT2D eigenvalue weighted by atomic mass is 16.5. The van der Waals surface area contributed by atoms with E-state index in [9.17, 15) is 9.90 Å². The van der Waals surface area contributed by atoms with Crippen molar-refractivity contribution in [2.75, 3.05) is 25.1 Å². The fourth-order valence-corrected chi connectivity index (χ4v) is 1.67. The van der Waals surface area contributed by atoms with E-state index < -0.39 is 5.60 Å². The number of aromatic amines is 1. The summed E-state index contributed by atoms with van der Waals surface area (Å²) < 4.78 is 5.18. The van der Waals surface area contributed by atoms with Crippen LogP contribution in [0.25, 0.3) is 0 Å². The molecule has 6 heteroatoms. The van der Waals surface area contributed by atoms with E-state index in [0.29, 0.717) is 38.3 Å². The average Bonchev–Trinajstić information content (AvgIpc) is 2.28. The summed E-state index contributed by atoms with van der Waals surface area (Å²) in [6.45, 7) is 1.55. The summed E-state index contributed by atoms with van der Waals surface area (Å²) in [6.07, 6.45) is 2.73. The molecule has 0 saturated carbocycles. The van der Waals surface area contributed by atoms with Gasteiger partial charge in [0.1, 0.15) is 0 Å². The van der Waals surface area contributed by atoms with Crippen LogP contribution in [0.3, 0.4) is 0 Å². The first kappa shape index (κ1) is 11.1. The van der Waals surface area contributed by atoms with Gasteiger partial charge in [-0.25, -0.2) is 5.10 Å². The van der Waals surface area contributed by atoms with Crippen LogP contribution in [0.1, 0.15) is 12.8 Å². The van der Waals surface area contributed by atoms with E-state index in [1.54, 1.807) is 0 Å². The van der Waals surface area contributed by atoms with Crippen LogP contribution in [-0.2, 0) is 4.74 Å². The fraction of sp³-hybridized carbons (Fsp3) is 0.600. The van der Waals surface area contributed by atoms with Crippen LogP contribution >= 0.6 is 0 Å². The quantitative estimate of drug-likeness (QED) is 0.658. The maximum atomic E-state index is 11.0. The lowest BCUT2D eigenvalue weighted by Gasteiger charge is -2.32. The van der Waals surface area contributed by atoms with E-state index in [-0.39, 0.29) is 5.56 Å². The van der Waals surface area contributed by atoms with Gasteiger partial charge in [-0.05, 0) is 0 Å². The molecule has 1 saturated heterocycles. The first-order valence-corrected chi connectivity index (χ1v) is 5.27. The third-order valence-corrected chi connectivity index (χ3v) is 2.71. The van der Waals surface area contributed by atoms with Crippen LogP contribution in [0, 0.1) is 0 Å². The van der Waals surface area contributed by atoms with Crippen molar-refractivity contribution < 1.29 is 9.84 Å². The van der Waals surface area contributed by atoms with Crippen molar-refractivity contribution in [3.05, 3.63) is 22.6 Å². The lowest BCUT2D eigenvalue weighted by Crippen LogP contribution is -2.42. The average molecular weight is 225 g/mol. The normalized spacial score (nSPS) is 19.3. The van der Waals surface area contributed by atoms with Gasteiger partial charge in [0.25, 0.3) is 5.56 Å². The predicted molar refractivity (Wildman–Crippen MR) is 58.4 cm³/mol. The van der Waals surface area contributed by atoms with E-state index in [0.717, 1.165) is 0 Å². The van der Waals surface area contributed by atoms with Gasteiger partial charge in [-0.15, -0.1) is 0 Å². The van der Waals surface area contributed by atoms with Crippen molar-refractivity contribution in [3.8, 4) is 0 Å². The number of hydrogen-bond acceptors (Lipinski definition) is 5. The summed E-state index contributed by atoms with van der Waals surface area (Å²) in [6, 6.07) is 1.41. The Morgan fingerprint density at radius 3 is 3.00 bits per heavy atom. The Labute approximate surface area is 92.6 Å². The fourth-order valence-electron chi connectivity index (χ4n) is 1.67. The number of nitrogens with zero attached hydrogens (tertiary/aromatic N) is 1. The molecule has 0 aromatic carbocycles. The molecule has 6 nitrogen and oxygen atoms in total. The molecule has 1 aliphatic rings. The van der Waals surface area contributed by atoms with E-state index in [2.05, 4.69) is 15.5 Å². The molecule has 1 fully saturated rings. The molecule has 2 rings (SSSR count). The van der Waals surface area contributed by atoms with Crippen LogP contribution in [-0.4, -0.2) is 40.7 Å². The third-order valence-electron chi connectivity index (χ3n) is 2.71. The highest BCUT2D eigenvalue weighted by Crippen LogP contribution is 2.20. The highest BCUT2D eigenvalue weighted by molar-refractivity contribution is 5.39. The molecule has 0 bridgehead atoms. The molecular formula is C10H15N3O3. The zero-order valence-corrected chi connectivity index (χ0v) is 8.90. The molecule has 0 aliphatic carbocycles. The molecule has 1 aliphatic heterocycles. The first-order chi connectivity index (χ1) is 7.68. The van der Waals surface area contributed by atoms with Gasteiger partial charge in [0.2, 0.25) is 0 Å². The molecule has 88 valence electrons. The number of H-pyrrole nitrogens is 1. The van der Waals surface area contributed by atoms with Crippen molar-refractivity contribution in [2.45, 2.75) is 18.4 Å². The van der Waals surface area contributed by atoms with Crippen molar-refractivity contribution in [1.82, 2.24) is 10.2 Å². The summed E-state index contributed by atoms with van der Waals surface area (Å²) >= 11 is 0. The second-order valence-corrected chi connectivity index (χ2v) is 4.02.